The Labute approximate surface area is 89.8 Å². The third kappa shape index (κ3) is 1.38. The predicted octanol–water partition coefficient (Wildman–Crippen LogP) is 1.57. The number of rotatable bonds is 1. The van der Waals surface area contributed by atoms with Crippen LogP contribution in [0.3, 0.4) is 0 Å². The summed E-state index contributed by atoms with van der Waals surface area (Å²) in [5.74, 6) is 1.63. The van der Waals surface area contributed by atoms with E-state index >= 15 is 0 Å². The van der Waals surface area contributed by atoms with E-state index in [9.17, 15) is 0 Å². The molecule has 2 atom stereocenters. The Bertz CT molecular complexity index is 378. The monoisotopic (exact) mass is 204 g/mol. The highest BCUT2D eigenvalue weighted by atomic mass is 16.5. The summed E-state index contributed by atoms with van der Waals surface area (Å²) in [6.45, 7) is 2.20. The second-order valence-corrected chi connectivity index (χ2v) is 4.30. The molecule has 2 heterocycles. The zero-order valence-corrected chi connectivity index (χ0v) is 8.92. The number of fused-ring (bicyclic) bond motifs is 3. The molecule has 0 aliphatic carbocycles. The Hall–Kier alpha value is -1.22. The minimum absolute atomic E-state index is 0.570. The number of methoxy groups -OCH3 is 1. The normalized spacial score (nSPS) is 27.8. The molecule has 2 aliphatic rings. The van der Waals surface area contributed by atoms with Crippen molar-refractivity contribution in [2.75, 3.05) is 25.5 Å². The average molecular weight is 204 g/mol. The summed E-state index contributed by atoms with van der Waals surface area (Å²) in [6, 6.07) is 6.90. The molecule has 0 saturated carbocycles. The van der Waals surface area contributed by atoms with Crippen LogP contribution in [-0.4, -0.2) is 26.2 Å². The number of piperidine rings is 1. The van der Waals surface area contributed by atoms with Gasteiger partial charge in [-0.3, -0.25) is 0 Å². The molecule has 15 heavy (non-hydrogen) atoms. The molecule has 1 aromatic carbocycles. The van der Waals surface area contributed by atoms with Gasteiger partial charge in [0.1, 0.15) is 5.75 Å². The minimum atomic E-state index is 0.570. The van der Waals surface area contributed by atoms with Crippen molar-refractivity contribution in [1.82, 2.24) is 5.32 Å². The van der Waals surface area contributed by atoms with E-state index < -0.39 is 0 Å². The number of hydrogen-bond donors (Lipinski definition) is 2. The Morgan fingerprint density at radius 1 is 1.40 bits per heavy atom. The molecule has 3 heteroatoms. The lowest BCUT2D eigenvalue weighted by molar-refractivity contribution is 0.411. The molecular weight excluding hydrogens is 188 g/mol. The molecule has 2 unspecified atom stereocenters. The van der Waals surface area contributed by atoms with E-state index in [1.54, 1.807) is 7.11 Å². The van der Waals surface area contributed by atoms with Gasteiger partial charge in [0.2, 0.25) is 0 Å². The minimum Gasteiger partial charge on any atom is -0.497 e. The molecule has 2 aliphatic heterocycles. The summed E-state index contributed by atoms with van der Waals surface area (Å²) in [7, 11) is 1.73. The van der Waals surface area contributed by atoms with Gasteiger partial charge >= 0.3 is 0 Å². The average Bonchev–Trinajstić information content (AvgIpc) is 2.66. The SMILES string of the molecule is COc1ccc2c(c1)C1CCNCC1N2. The maximum absolute atomic E-state index is 5.28. The molecule has 80 valence electrons. The zero-order chi connectivity index (χ0) is 10.3. The number of benzene rings is 1. The Morgan fingerprint density at radius 2 is 2.33 bits per heavy atom. The molecule has 0 spiro atoms. The van der Waals surface area contributed by atoms with Crippen molar-refractivity contribution < 1.29 is 4.74 Å². The maximum atomic E-state index is 5.28. The lowest BCUT2D eigenvalue weighted by Crippen LogP contribution is -2.40. The molecule has 0 bridgehead atoms. The second-order valence-electron chi connectivity index (χ2n) is 4.30. The third-order valence-corrected chi connectivity index (χ3v) is 3.48. The van der Waals surface area contributed by atoms with Crippen LogP contribution in [0.1, 0.15) is 17.9 Å². The van der Waals surface area contributed by atoms with E-state index in [4.69, 9.17) is 4.74 Å². The van der Waals surface area contributed by atoms with E-state index in [0.29, 0.717) is 12.0 Å². The van der Waals surface area contributed by atoms with Gasteiger partial charge < -0.3 is 15.4 Å². The van der Waals surface area contributed by atoms with Gasteiger partial charge in [-0.2, -0.15) is 0 Å². The van der Waals surface area contributed by atoms with E-state index in [1.165, 1.54) is 17.7 Å². The largest absolute Gasteiger partial charge is 0.497 e. The molecule has 0 radical (unpaired) electrons. The van der Waals surface area contributed by atoms with Crippen LogP contribution in [0.25, 0.3) is 0 Å². The van der Waals surface area contributed by atoms with Crippen molar-refractivity contribution in [3.63, 3.8) is 0 Å². The van der Waals surface area contributed by atoms with Gasteiger partial charge in [0.15, 0.2) is 0 Å². The van der Waals surface area contributed by atoms with Crippen LogP contribution >= 0.6 is 0 Å². The van der Waals surface area contributed by atoms with Gasteiger partial charge in [-0.05, 0) is 36.7 Å². The molecule has 3 nitrogen and oxygen atoms in total. The molecule has 1 fully saturated rings. The van der Waals surface area contributed by atoms with Crippen molar-refractivity contribution >= 4 is 5.69 Å². The smallest absolute Gasteiger partial charge is 0.119 e. The van der Waals surface area contributed by atoms with Crippen LogP contribution < -0.4 is 15.4 Å². The Kier molecular flexibility index (Phi) is 2.06. The highest BCUT2D eigenvalue weighted by Gasteiger charge is 2.33. The molecule has 1 saturated heterocycles. The van der Waals surface area contributed by atoms with Gasteiger partial charge in [0.05, 0.1) is 7.11 Å². The van der Waals surface area contributed by atoms with E-state index in [0.717, 1.165) is 18.8 Å². The summed E-state index contributed by atoms with van der Waals surface area (Å²) in [5.41, 5.74) is 2.72. The van der Waals surface area contributed by atoms with Crippen LogP contribution in [0.2, 0.25) is 0 Å². The molecule has 0 aromatic heterocycles. The van der Waals surface area contributed by atoms with E-state index in [2.05, 4.69) is 22.8 Å². The summed E-state index contributed by atoms with van der Waals surface area (Å²) < 4.78 is 5.28. The lowest BCUT2D eigenvalue weighted by Gasteiger charge is -2.26. The van der Waals surface area contributed by atoms with Crippen LogP contribution in [0, 0.1) is 0 Å². The molecule has 0 amide bonds. The number of nitrogens with one attached hydrogen (secondary N) is 2. The predicted molar refractivity (Wildman–Crippen MR) is 60.6 cm³/mol. The van der Waals surface area contributed by atoms with Crippen molar-refractivity contribution in [1.29, 1.82) is 0 Å². The molecule has 3 rings (SSSR count). The Morgan fingerprint density at radius 3 is 3.20 bits per heavy atom. The second kappa shape index (κ2) is 3.42. The summed E-state index contributed by atoms with van der Waals surface area (Å²) >= 11 is 0. The van der Waals surface area contributed by atoms with Crippen molar-refractivity contribution in [3.05, 3.63) is 23.8 Å². The van der Waals surface area contributed by atoms with E-state index in [-0.39, 0.29) is 0 Å². The third-order valence-electron chi connectivity index (χ3n) is 3.48. The van der Waals surface area contributed by atoms with Crippen LogP contribution in [0.5, 0.6) is 5.75 Å². The zero-order valence-electron chi connectivity index (χ0n) is 8.92. The number of hydrogen-bond acceptors (Lipinski definition) is 3. The molecule has 2 N–H and O–H groups in total. The summed E-state index contributed by atoms with van der Waals surface area (Å²) in [4.78, 5) is 0. The van der Waals surface area contributed by atoms with Gasteiger partial charge in [0.25, 0.3) is 0 Å². The Balaban J connectivity index is 1.98. The quantitative estimate of drug-likeness (QED) is 0.728. The highest BCUT2D eigenvalue weighted by Crippen LogP contribution is 2.40. The van der Waals surface area contributed by atoms with Gasteiger partial charge in [-0.15, -0.1) is 0 Å². The van der Waals surface area contributed by atoms with Crippen molar-refractivity contribution in [2.45, 2.75) is 18.4 Å². The molecular formula is C12H16N2O. The topological polar surface area (TPSA) is 33.3 Å². The fraction of sp³-hybridized carbons (Fsp3) is 0.500. The molecule has 1 aromatic rings. The van der Waals surface area contributed by atoms with Gasteiger partial charge in [-0.1, -0.05) is 0 Å². The van der Waals surface area contributed by atoms with E-state index in [1.807, 2.05) is 6.07 Å². The maximum Gasteiger partial charge on any atom is 0.119 e. The first-order valence-electron chi connectivity index (χ1n) is 5.53. The summed E-state index contributed by atoms with van der Waals surface area (Å²) in [5, 5.41) is 7.00. The fourth-order valence-electron chi connectivity index (χ4n) is 2.69. The van der Waals surface area contributed by atoms with Crippen LogP contribution in [0.4, 0.5) is 5.69 Å². The van der Waals surface area contributed by atoms with Crippen LogP contribution in [-0.2, 0) is 0 Å². The van der Waals surface area contributed by atoms with Crippen molar-refractivity contribution in [3.8, 4) is 5.75 Å². The lowest BCUT2D eigenvalue weighted by atomic mass is 9.89. The van der Waals surface area contributed by atoms with Crippen LogP contribution in [0.15, 0.2) is 18.2 Å². The number of anilines is 1. The van der Waals surface area contributed by atoms with Crippen molar-refractivity contribution in [2.24, 2.45) is 0 Å². The first kappa shape index (κ1) is 9.04. The van der Waals surface area contributed by atoms with Gasteiger partial charge in [0, 0.05) is 24.2 Å². The summed E-state index contributed by atoms with van der Waals surface area (Å²) in [6.07, 6.45) is 1.22. The standard InChI is InChI=1S/C12H16N2O/c1-15-8-2-3-11-10(6-8)9-4-5-13-7-12(9)14-11/h2-3,6,9,12-14H,4-5,7H2,1H3. The number of ether oxygens (including phenoxy) is 1. The van der Waals surface area contributed by atoms with Gasteiger partial charge in [-0.25, -0.2) is 0 Å². The first-order chi connectivity index (χ1) is 7.38. The first-order valence-corrected chi connectivity index (χ1v) is 5.53. The highest BCUT2D eigenvalue weighted by molar-refractivity contribution is 5.62. The fourth-order valence-corrected chi connectivity index (χ4v) is 2.69.